The van der Waals surface area contributed by atoms with E-state index in [9.17, 15) is 9.18 Å². The van der Waals surface area contributed by atoms with E-state index >= 15 is 0 Å². The molecule has 0 aliphatic heterocycles. The maximum Gasteiger partial charge on any atom is 0.254 e. The maximum atomic E-state index is 14.5. The highest BCUT2D eigenvalue weighted by Gasteiger charge is 2.25. The average Bonchev–Trinajstić information content (AvgIpc) is 2.70. The number of ether oxygens (including phenoxy) is 3. The fourth-order valence-electron chi connectivity index (χ4n) is 2.83. The van der Waals surface area contributed by atoms with Crippen molar-refractivity contribution in [3.8, 4) is 11.5 Å². The summed E-state index contributed by atoms with van der Waals surface area (Å²) in [5.74, 6) is -0.273. The fraction of sp³-hybridized carbons (Fsp3) is 0.364. The number of carbonyl (C=O) groups is 1. The van der Waals surface area contributed by atoms with E-state index < -0.39 is 17.8 Å². The SMILES string of the molecule is CCOC(C(=O)NCc1ccc(C(=N)N)cc1OC(C)C)c1ccc(OC)cc1F. The number of carbonyl (C=O) groups excluding carboxylic acids is 1. The lowest BCUT2D eigenvalue weighted by Crippen LogP contribution is -2.31. The number of hydrogen-bond donors (Lipinski definition) is 3. The number of amides is 1. The molecule has 0 heterocycles. The summed E-state index contributed by atoms with van der Waals surface area (Å²) in [6, 6.07) is 9.34. The number of amidine groups is 1. The maximum absolute atomic E-state index is 14.5. The average molecular weight is 417 g/mol. The van der Waals surface area contributed by atoms with Crippen LogP contribution in [0.25, 0.3) is 0 Å². The minimum atomic E-state index is -1.10. The van der Waals surface area contributed by atoms with E-state index in [1.54, 1.807) is 31.2 Å². The molecular weight excluding hydrogens is 389 g/mol. The van der Waals surface area contributed by atoms with E-state index in [0.29, 0.717) is 22.6 Å². The minimum absolute atomic E-state index is 0.0782. The summed E-state index contributed by atoms with van der Waals surface area (Å²) in [6.45, 7) is 5.86. The van der Waals surface area contributed by atoms with Gasteiger partial charge in [0.25, 0.3) is 5.91 Å². The van der Waals surface area contributed by atoms with E-state index in [1.807, 2.05) is 13.8 Å². The van der Waals surface area contributed by atoms with Gasteiger partial charge < -0.3 is 25.3 Å². The Morgan fingerprint density at radius 2 is 1.97 bits per heavy atom. The lowest BCUT2D eigenvalue weighted by Gasteiger charge is -2.20. The van der Waals surface area contributed by atoms with Crippen molar-refractivity contribution >= 4 is 11.7 Å². The van der Waals surface area contributed by atoms with E-state index in [-0.39, 0.29) is 30.7 Å². The van der Waals surface area contributed by atoms with Crippen molar-refractivity contribution in [3.63, 3.8) is 0 Å². The smallest absolute Gasteiger partial charge is 0.254 e. The molecule has 0 saturated carbocycles. The topological polar surface area (TPSA) is 107 Å². The third-order valence-electron chi connectivity index (χ3n) is 4.26. The first kappa shape index (κ1) is 23.2. The molecular formula is C22H28FN3O4. The van der Waals surface area contributed by atoms with Crippen LogP contribution in [0, 0.1) is 11.2 Å². The van der Waals surface area contributed by atoms with Crippen LogP contribution in [0.3, 0.4) is 0 Å². The quantitative estimate of drug-likeness (QED) is 0.406. The molecule has 1 unspecified atom stereocenters. The van der Waals surface area contributed by atoms with Crippen molar-refractivity contribution in [2.24, 2.45) is 5.73 Å². The first-order chi connectivity index (χ1) is 14.3. The lowest BCUT2D eigenvalue weighted by atomic mass is 10.1. The van der Waals surface area contributed by atoms with Gasteiger partial charge in [-0.1, -0.05) is 12.1 Å². The van der Waals surface area contributed by atoms with E-state index in [4.69, 9.17) is 25.4 Å². The van der Waals surface area contributed by atoms with Crippen LogP contribution in [-0.4, -0.2) is 31.6 Å². The molecule has 0 spiro atoms. The molecule has 0 aliphatic carbocycles. The number of halogens is 1. The van der Waals surface area contributed by atoms with E-state index in [0.717, 1.165) is 0 Å². The van der Waals surface area contributed by atoms with Crippen LogP contribution in [0.15, 0.2) is 36.4 Å². The highest BCUT2D eigenvalue weighted by molar-refractivity contribution is 5.95. The van der Waals surface area contributed by atoms with E-state index in [2.05, 4.69) is 5.32 Å². The van der Waals surface area contributed by atoms with Crippen molar-refractivity contribution in [1.82, 2.24) is 5.32 Å². The van der Waals surface area contributed by atoms with E-state index in [1.165, 1.54) is 19.2 Å². The van der Waals surface area contributed by atoms with Crippen LogP contribution >= 0.6 is 0 Å². The molecule has 7 nitrogen and oxygen atoms in total. The summed E-state index contributed by atoms with van der Waals surface area (Å²) in [7, 11) is 1.44. The van der Waals surface area contributed by atoms with Gasteiger partial charge in [-0.25, -0.2) is 4.39 Å². The zero-order chi connectivity index (χ0) is 22.3. The number of nitrogens with two attached hydrogens (primary N) is 1. The van der Waals surface area contributed by atoms with Gasteiger partial charge in [-0.2, -0.15) is 0 Å². The van der Waals surface area contributed by atoms with Crippen LogP contribution in [0.4, 0.5) is 4.39 Å². The van der Waals surface area contributed by atoms with Gasteiger partial charge >= 0.3 is 0 Å². The molecule has 30 heavy (non-hydrogen) atoms. The molecule has 1 amide bonds. The second-order valence-electron chi connectivity index (χ2n) is 6.84. The Morgan fingerprint density at radius 3 is 2.53 bits per heavy atom. The number of hydrogen-bond acceptors (Lipinski definition) is 5. The Labute approximate surface area is 175 Å². The predicted molar refractivity (Wildman–Crippen MR) is 112 cm³/mol. The van der Waals surface area contributed by atoms with Crippen molar-refractivity contribution in [1.29, 1.82) is 5.41 Å². The summed E-state index contributed by atoms with van der Waals surface area (Å²) < 4.78 is 30.8. The molecule has 4 N–H and O–H groups in total. The zero-order valence-corrected chi connectivity index (χ0v) is 17.6. The first-order valence-electron chi connectivity index (χ1n) is 9.63. The molecule has 2 aromatic rings. The van der Waals surface area contributed by atoms with Crippen LogP contribution in [0.1, 0.15) is 43.6 Å². The van der Waals surface area contributed by atoms with Gasteiger partial charge in [-0.3, -0.25) is 10.2 Å². The number of nitrogens with one attached hydrogen (secondary N) is 2. The summed E-state index contributed by atoms with van der Waals surface area (Å²) in [5.41, 5.74) is 6.90. The lowest BCUT2D eigenvalue weighted by molar-refractivity contribution is -0.133. The fourth-order valence-corrected chi connectivity index (χ4v) is 2.83. The standard InChI is InChI=1S/C22H28FN3O4/c1-5-29-20(17-9-8-16(28-4)11-18(17)23)22(27)26-12-15-7-6-14(21(24)25)10-19(15)30-13(2)3/h6-11,13,20H,5,12H2,1-4H3,(H3,24,25)(H,26,27). The highest BCUT2D eigenvalue weighted by atomic mass is 19.1. The minimum Gasteiger partial charge on any atom is -0.497 e. The Balaban J connectivity index is 2.22. The summed E-state index contributed by atoms with van der Waals surface area (Å²) in [4.78, 5) is 12.8. The number of rotatable bonds is 10. The van der Waals surface area contributed by atoms with Crippen LogP contribution in [0.2, 0.25) is 0 Å². The largest absolute Gasteiger partial charge is 0.497 e. The van der Waals surface area contributed by atoms with Crippen LogP contribution < -0.4 is 20.5 Å². The molecule has 0 radical (unpaired) electrons. The molecule has 0 bridgehead atoms. The normalized spacial score (nSPS) is 11.8. The third kappa shape index (κ3) is 5.93. The summed E-state index contributed by atoms with van der Waals surface area (Å²) in [5, 5.41) is 10.4. The molecule has 0 aliphatic rings. The van der Waals surface area contributed by atoms with Crippen molar-refractivity contribution in [2.75, 3.05) is 13.7 Å². The summed E-state index contributed by atoms with van der Waals surface area (Å²) >= 11 is 0. The van der Waals surface area contributed by atoms with Gasteiger partial charge in [0.05, 0.1) is 13.2 Å². The molecule has 0 saturated heterocycles. The Hall–Kier alpha value is -3.13. The monoisotopic (exact) mass is 417 g/mol. The van der Waals surface area contributed by atoms with Crippen molar-refractivity contribution in [3.05, 3.63) is 58.9 Å². The van der Waals surface area contributed by atoms with Crippen LogP contribution in [0.5, 0.6) is 11.5 Å². The van der Waals surface area contributed by atoms with Gasteiger partial charge in [-0.15, -0.1) is 0 Å². The zero-order valence-electron chi connectivity index (χ0n) is 17.6. The molecule has 8 heteroatoms. The second kappa shape index (κ2) is 10.6. The molecule has 1 atom stereocenters. The molecule has 2 aromatic carbocycles. The van der Waals surface area contributed by atoms with Gasteiger partial charge in [0, 0.05) is 35.9 Å². The first-order valence-corrected chi connectivity index (χ1v) is 9.63. The van der Waals surface area contributed by atoms with Gasteiger partial charge in [0.15, 0.2) is 6.10 Å². The molecule has 0 fully saturated rings. The van der Waals surface area contributed by atoms with Crippen molar-refractivity contribution < 1.29 is 23.4 Å². The van der Waals surface area contributed by atoms with Gasteiger partial charge in [0.2, 0.25) is 0 Å². The third-order valence-corrected chi connectivity index (χ3v) is 4.26. The van der Waals surface area contributed by atoms with Crippen molar-refractivity contribution in [2.45, 2.75) is 39.5 Å². The highest BCUT2D eigenvalue weighted by Crippen LogP contribution is 2.26. The molecule has 162 valence electrons. The Bertz CT molecular complexity index is 902. The second-order valence-corrected chi connectivity index (χ2v) is 6.84. The van der Waals surface area contributed by atoms with Crippen LogP contribution in [-0.2, 0) is 16.1 Å². The summed E-state index contributed by atoms with van der Waals surface area (Å²) in [6.07, 6.45) is -1.21. The van der Waals surface area contributed by atoms with Gasteiger partial charge in [-0.05, 0) is 39.0 Å². The molecule has 0 aromatic heterocycles. The number of benzene rings is 2. The Kier molecular flexibility index (Phi) is 8.17. The van der Waals surface area contributed by atoms with Gasteiger partial charge in [0.1, 0.15) is 23.2 Å². The number of methoxy groups -OCH3 is 1. The Morgan fingerprint density at radius 1 is 1.23 bits per heavy atom. The number of nitrogen functional groups attached to an aromatic ring is 1. The molecule has 2 rings (SSSR count). The predicted octanol–water partition coefficient (Wildman–Crippen LogP) is 3.30.